The first-order chi connectivity index (χ1) is 8.84. The van der Waals surface area contributed by atoms with Crippen molar-refractivity contribution in [3.05, 3.63) is 18.2 Å². The fourth-order valence-electron chi connectivity index (χ4n) is 2.17. The molecule has 1 amide bonds. The van der Waals surface area contributed by atoms with Crippen LogP contribution in [0, 0.1) is 0 Å². The number of hydrogen-bond acceptors (Lipinski definition) is 3. The van der Waals surface area contributed by atoms with Gasteiger partial charge in [0, 0.05) is 38.4 Å². The van der Waals surface area contributed by atoms with Crippen LogP contribution in [0.25, 0.3) is 0 Å². The normalized spacial score (nSPS) is 19.7. The van der Waals surface area contributed by atoms with Gasteiger partial charge in [-0.1, -0.05) is 0 Å². The fraction of sp³-hybridized carbons (Fsp3) is 0.692. The average Bonchev–Trinajstić information content (AvgIpc) is 2.91. The molecule has 1 aromatic heterocycles. The molecule has 5 heteroatoms. The van der Waals surface area contributed by atoms with Crippen molar-refractivity contribution >= 4 is 5.91 Å². The third kappa shape index (κ3) is 4.49. The molecule has 1 aromatic rings. The highest BCUT2D eigenvalue weighted by molar-refractivity contribution is 5.75. The van der Waals surface area contributed by atoms with Crippen molar-refractivity contribution in [1.82, 2.24) is 15.3 Å². The predicted octanol–water partition coefficient (Wildman–Crippen LogP) is 1.42. The van der Waals surface area contributed by atoms with Crippen LogP contribution in [0.3, 0.4) is 0 Å². The minimum absolute atomic E-state index is 0.107. The molecule has 1 unspecified atom stereocenters. The van der Waals surface area contributed by atoms with Crippen LogP contribution >= 0.6 is 0 Å². The maximum Gasteiger partial charge on any atom is 0.220 e. The van der Waals surface area contributed by atoms with Crippen molar-refractivity contribution in [3.63, 3.8) is 0 Å². The summed E-state index contributed by atoms with van der Waals surface area (Å²) in [5.41, 5.74) is 0. The van der Waals surface area contributed by atoms with Crippen LogP contribution in [0.15, 0.2) is 12.4 Å². The van der Waals surface area contributed by atoms with Crippen LogP contribution in [0.5, 0.6) is 0 Å². The average molecular weight is 251 g/mol. The lowest BCUT2D eigenvalue weighted by molar-refractivity contribution is -0.122. The smallest absolute Gasteiger partial charge is 0.220 e. The van der Waals surface area contributed by atoms with Gasteiger partial charge in [-0.3, -0.25) is 4.79 Å². The maximum atomic E-state index is 11.6. The highest BCUT2D eigenvalue weighted by Crippen LogP contribution is 2.16. The number of rotatable bonds is 6. The number of aromatic nitrogens is 2. The summed E-state index contributed by atoms with van der Waals surface area (Å²) < 4.78 is 5.60. The number of amides is 1. The zero-order valence-corrected chi connectivity index (χ0v) is 10.7. The van der Waals surface area contributed by atoms with Crippen LogP contribution in [0.2, 0.25) is 0 Å². The zero-order chi connectivity index (χ0) is 12.6. The summed E-state index contributed by atoms with van der Waals surface area (Å²) in [6.07, 6.45) is 9.43. The summed E-state index contributed by atoms with van der Waals surface area (Å²) in [7, 11) is 0. The second kappa shape index (κ2) is 7.16. The van der Waals surface area contributed by atoms with Gasteiger partial charge in [0.25, 0.3) is 0 Å². The second-order valence-electron chi connectivity index (χ2n) is 4.66. The molecule has 0 bridgehead atoms. The Kier molecular flexibility index (Phi) is 5.20. The minimum Gasteiger partial charge on any atom is -0.378 e. The van der Waals surface area contributed by atoms with Crippen LogP contribution in [0.4, 0.5) is 0 Å². The summed E-state index contributed by atoms with van der Waals surface area (Å²) in [5, 5.41) is 2.91. The van der Waals surface area contributed by atoms with E-state index in [-0.39, 0.29) is 12.0 Å². The van der Waals surface area contributed by atoms with Gasteiger partial charge >= 0.3 is 0 Å². The number of nitrogens with zero attached hydrogens (tertiary/aromatic N) is 1. The Bertz CT molecular complexity index is 345. The third-order valence-corrected chi connectivity index (χ3v) is 3.21. The summed E-state index contributed by atoms with van der Waals surface area (Å²) in [5.74, 6) is 1.02. The van der Waals surface area contributed by atoms with Gasteiger partial charge in [-0.25, -0.2) is 4.98 Å². The van der Waals surface area contributed by atoms with Gasteiger partial charge in [-0.05, 0) is 25.7 Å². The number of aromatic amines is 1. The number of ether oxygens (including phenoxy) is 1. The standard InChI is InChI=1S/C13H21N3O2/c17-13(5-4-11-3-1-2-10-18-11)16-7-6-12-14-8-9-15-12/h8-9,11H,1-7,10H2,(H,14,15)(H,16,17). The highest BCUT2D eigenvalue weighted by Gasteiger charge is 2.14. The van der Waals surface area contributed by atoms with Crippen molar-refractivity contribution in [1.29, 1.82) is 0 Å². The molecule has 100 valence electrons. The molecule has 1 fully saturated rings. The predicted molar refractivity (Wildman–Crippen MR) is 68.1 cm³/mol. The number of carbonyl (C=O) groups excluding carboxylic acids is 1. The molecular weight excluding hydrogens is 230 g/mol. The molecule has 2 N–H and O–H groups in total. The van der Waals surface area contributed by atoms with Crippen LogP contribution in [0.1, 0.15) is 37.9 Å². The molecule has 0 spiro atoms. The summed E-state index contributed by atoms with van der Waals surface area (Å²) in [4.78, 5) is 18.7. The highest BCUT2D eigenvalue weighted by atomic mass is 16.5. The molecule has 5 nitrogen and oxygen atoms in total. The van der Waals surface area contributed by atoms with Gasteiger partial charge in [0.1, 0.15) is 5.82 Å². The Morgan fingerprint density at radius 2 is 2.50 bits per heavy atom. The van der Waals surface area contributed by atoms with E-state index in [1.54, 1.807) is 12.4 Å². The van der Waals surface area contributed by atoms with E-state index < -0.39 is 0 Å². The van der Waals surface area contributed by atoms with E-state index in [0.29, 0.717) is 13.0 Å². The molecule has 18 heavy (non-hydrogen) atoms. The quantitative estimate of drug-likeness (QED) is 0.803. The first kappa shape index (κ1) is 13.1. The van der Waals surface area contributed by atoms with E-state index in [1.165, 1.54) is 6.42 Å². The van der Waals surface area contributed by atoms with Crippen molar-refractivity contribution in [2.24, 2.45) is 0 Å². The molecule has 0 saturated carbocycles. The van der Waals surface area contributed by atoms with E-state index in [2.05, 4.69) is 15.3 Å². The molecule has 1 aliphatic heterocycles. The Morgan fingerprint density at radius 3 is 3.22 bits per heavy atom. The molecule has 0 aromatic carbocycles. The Labute approximate surface area is 107 Å². The van der Waals surface area contributed by atoms with Crippen LogP contribution in [-0.4, -0.2) is 35.1 Å². The maximum absolute atomic E-state index is 11.6. The van der Waals surface area contributed by atoms with Gasteiger partial charge in [0.05, 0.1) is 6.10 Å². The van der Waals surface area contributed by atoms with Gasteiger partial charge in [0.2, 0.25) is 5.91 Å². The van der Waals surface area contributed by atoms with E-state index >= 15 is 0 Å². The SMILES string of the molecule is O=C(CCC1CCCCO1)NCCc1ncc[nH]1. The van der Waals surface area contributed by atoms with E-state index in [9.17, 15) is 4.79 Å². The fourth-order valence-corrected chi connectivity index (χ4v) is 2.17. The molecule has 0 aliphatic carbocycles. The molecule has 1 aliphatic rings. The zero-order valence-electron chi connectivity index (χ0n) is 10.7. The van der Waals surface area contributed by atoms with E-state index in [1.807, 2.05) is 0 Å². The molecule has 2 heterocycles. The number of nitrogens with one attached hydrogen (secondary N) is 2. The van der Waals surface area contributed by atoms with E-state index in [4.69, 9.17) is 4.74 Å². The van der Waals surface area contributed by atoms with Crippen molar-refractivity contribution in [2.75, 3.05) is 13.2 Å². The summed E-state index contributed by atoms with van der Waals surface area (Å²) >= 11 is 0. The Morgan fingerprint density at radius 1 is 1.56 bits per heavy atom. The number of imidazole rings is 1. The third-order valence-electron chi connectivity index (χ3n) is 3.21. The number of hydrogen-bond donors (Lipinski definition) is 2. The molecular formula is C13H21N3O2. The van der Waals surface area contributed by atoms with Crippen LogP contribution < -0.4 is 5.32 Å². The largest absolute Gasteiger partial charge is 0.378 e. The summed E-state index contributed by atoms with van der Waals surface area (Å²) in [6, 6.07) is 0. The monoisotopic (exact) mass is 251 g/mol. The lowest BCUT2D eigenvalue weighted by Gasteiger charge is -2.22. The first-order valence-electron chi connectivity index (χ1n) is 6.71. The molecule has 1 atom stereocenters. The van der Waals surface area contributed by atoms with Crippen molar-refractivity contribution < 1.29 is 9.53 Å². The summed E-state index contributed by atoms with van der Waals surface area (Å²) in [6.45, 7) is 1.49. The first-order valence-corrected chi connectivity index (χ1v) is 6.71. The molecule has 1 saturated heterocycles. The lowest BCUT2D eigenvalue weighted by atomic mass is 10.0. The lowest BCUT2D eigenvalue weighted by Crippen LogP contribution is -2.28. The van der Waals surface area contributed by atoms with Gasteiger partial charge in [-0.2, -0.15) is 0 Å². The van der Waals surface area contributed by atoms with Gasteiger partial charge in [0.15, 0.2) is 0 Å². The van der Waals surface area contributed by atoms with Crippen molar-refractivity contribution in [3.8, 4) is 0 Å². The van der Waals surface area contributed by atoms with Crippen LogP contribution in [-0.2, 0) is 16.0 Å². The number of H-pyrrole nitrogens is 1. The second-order valence-corrected chi connectivity index (χ2v) is 4.66. The minimum atomic E-state index is 0.107. The Balaban J connectivity index is 1.54. The molecule has 0 radical (unpaired) electrons. The van der Waals surface area contributed by atoms with Crippen molar-refractivity contribution in [2.45, 2.75) is 44.6 Å². The number of carbonyl (C=O) groups is 1. The molecule has 2 rings (SSSR count). The van der Waals surface area contributed by atoms with Gasteiger partial charge in [-0.15, -0.1) is 0 Å². The topological polar surface area (TPSA) is 67.0 Å². The van der Waals surface area contributed by atoms with Gasteiger partial charge < -0.3 is 15.0 Å². The van der Waals surface area contributed by atoms with E-state index in [0.717, 1.165) is 38.1 Å². The Hall–Kier alpha value is -1.36.